The molecule has 6 aromatic carbocycles. The Hall–Kier alpha value is -6.97. The zero-order valence-corrected chi connectivity index (χ0v) is 28.9. The lowest BCUT2D eigenvalue weighted by Gasteiger charge is -2.34. The maximum absolute atomic E-state index is 5.15. The van der Waals surface area contributed by atoms with Crippen molar-refractivity contribution in [3.63, 3.8) is 0 Å². The Morgan fingerprint density at radius 1 is 0.321 bits per heavy atom. The zero-order chi connectivity index (χ0) is 35.2. The minimum absolute atomic E-state index is 0.536. The number of pyridine rings is 3. The van der Waals surface area contributed by atoms with Crippen molar-refractivity contribution in [3.8, 4) is 56.2 Å². The molecule has 3 aromatic heterocycles. The normalized spacial score (nSPS) is 12.7. The molecule has 0 unspecified atom stereocenters. The highest BCUT2D eigenvalue weighted by molar-refractivity contribution is 5.97. The van der Waals surface area contributed by atoms with Crippen molar-refractivity contribution in [1.29, 1.82) is 0 Å². The largest absolute Gasteiger partial charge is 0.255 e. The zero-order valence-electron chi connectivity index (χ0n) is 28.9. The van der Waals surface area contributed by atoms with Gasteiger partial charge in [0.25, 0.3) is 0 Å². The van der Waals surface area contributed by atoms with Gasteiger partial charge in [-0.1, -0.05) is 133 Å². The van der Waals surface area contributed by atoms with Crippen LogP contribution in [0.25, 0.3) is 66.9 Å². The van der Waals surface area contributed by atoms with Crippen LogP contribution in [0.15, 0.2) is 200 Å². The molecule has 0 spiro atoms. The SMILES string of the molecule is c1ccc(C2(c3ccccc3)c3ccccc3-c3cc(-c4ccc5ccccc5c4)c(-c4cc(-c5ccccn5)nc(-c5ccccn5)c4)cc32)cc1. The molecule has 248 valence electrons. The molecule has 0 N–H and O–H groups in total. The second-order valence-electron chi connectivity index (χ2n) is 13.6. The standard InChI is InChI=1S/C50H33N3/c1-3-17-38(18-4-1)50(39-19-5-2-6-20-39)44-22-10-9-21-40(44)43-32-41(36-26-25-34-15-7-8-16-35(34)29-36)42(33-45(43)50)37-30-48(46-23-11-13-27-51-46)53-49(31-37)47-24-12-14-28-52-47/h1-33H. The van der Waals surface area contributed by atoms with E-state index in [0.717, 1.165) is 45.0 Å². The summed E-state index contributed by atoms with van der Waals surface area (Å²) in [4.78, 5) is 14.6. The molecule has 3 nitrogen and oxygen atoms in total. The molecule has 10 rings (SSSR count). The molecule has 1 aliphatic rings. The number of aromatic nitrogens is 3. The van der Waals surface area contributed by atoms with Gasteiger partial charge in [0.2, 0.25) is 0 Å². The van der Waals surface area contributed by atoms with E-state index in [4.69, 9.17) is 15.0 Å². The molecule has 0 saturated heterocycles. The molecule has 3 heterocycles. The molecule has 0 aliphatic heterocycles. The van der Waals surface area contributed by atoms with Crippen LogP contribution < -0.4 is 0 Å². The third kappa shape index (κ3) is 5.09. The Morgan fingerprint density at radius 3 is 1.53 bits per heavy atom. The molecular weight excluding hydrogens is 643 g/mol. The van der Waals surface area contributed by atoms with Gasteiger partial charge in [-0.15, -0.1) is 0 Å². The number of hydrogen-bond donors (Lipinski definition) is 0. The first kappa shape index (κ1) is 30.8. The van der Waals surface area contributed by atoms with Gasteiger partial charge in [-0.3, -0.25) is 9.97 Å². The van der Waals surface area contributed by atoms with Crippen molar-refractivity contribution in [2.75, 3.05) is 0 Å². The van der Waals surface area contributed by atoms with E-state index in [-0.39, 0.29) is 0 Å². The van der Waals surface area contributed by atoms with Gasteiger partial charge in [-0.25, -0.2) is 4.98 Å². The van der Waals surface area contributed by atoms with E-state index in [9.17, 15) is 0 Å². The van der Waals surface area contributed by atoms with Crippen LogP contribution >= 0.6 is 0 Å². The summed E-state index contributed by atoms with van der Waals surface area (Å²) in [5.41, 5.74) is 14.7. The summed E-state index contributed by atoms with van der Waals surface area (Å²) in [5.74, 6) is 0. The number of rotatable bonds is 6. The van der Waals surface area contributed by atoms with E-state index < -0.39 is 5.41 Å². The highest BCUT2D eigenvalue weighted by atomic mass is 14.8. The Kier molecular flexibility index (Phi) is 7.36. The highest BCUT2D eigenvalue weighted by Crippen LogP contribution is 2.58. The molecule has 0 radical (unpaired) electrons. The van der Waals surface area contributed by atoms with E-state index in [2.05, 4.69) is 152 Å². The molecule has 0 saturated carbocycles. The molecule has 9 aromatic rings. The third-order valence-corrected chi connectivity index (χ3v) is 10.6. The Bertz CT molecular complexity index is 2660. The summed E-state index contributed by atoms with van der Waals surface area (Å²) in [7, 11) is 0. The van der Waals surface area contributed by atoms with Crippen LogP contribution in [-0.2, 0) is 5.41 Å². The first-order valence-corrected chi connectivity index (χ1v) is 18.0. The summed E-state index contributed by atoms with van der Waals surface area (Å²) < 4.78 is 0. The van der Waals surface area contributed by atoms with Crippen LogP contribution in [-0.4, -0.2) is 15.0 Å². The predicted octanol–water partition coefficient (Wildman–Crippen LogP) is 12.1. The topological polar surface area (TPSA) is 38.7 Å². The van der Waals surface area contributed by atoms with E-state index in [1.54, 1.807) is 0 Å². The van der Waals surface area contributed by atoms with Crippen molar-refractivity contribution < 1.29 is 0 Å². The van der Waals surface area contributed by atoms with Gasteiger partial charge in [-0.05, 0) is 121 Å². The Labute approximate surface area is 309 Å². The first-order chi connectivity index (χ1) is 26.3. The van der Waals surface area contributed by atoms with Crippen molar-refractivity contribution in [2.45, 2.75) is 5.41 Å². The molecule has 53 heavy (non-hydrogen) atoms. The summed E-state index contributed by atoms with van der Waals surface area (Å²) in [6.07, 6.45) is 3.65. The van der Waals surface area contributed by atoms with E-state index in [1.807, 2.05) is 48.8 Å². The van der Waals surface area contributed by atoms with Gasteiger partial charge in [0.05, 0.1) is 28.2 Å². The van der Waals surface area contributed by atoms with Crippen LogP contribution in [0.5, 0.6) is 0 Å². The van der Waals surface area contributed by atoms with Gasteiger partial charge in [0.1, 0.15) is 0 Å². The molecule has 0 atom stereocenters. The lowest BCUT2D eigenvalue weighted by Crippen LogP contribution is -2.28. The average molecular weight is 676 g/mol. The van der Waals surface area contributed by atoms with Gasteiger partial charge in [0.15, 0.2) is 0 Å². The predicted molar refractivity (Wildman–Crippen MR) is 216 cm³/mol. The Balaban J connectivity index is 1.34. The van der Waals surface area contributed by atoms with Crippen molar-refractivity contribution in [1.82, 2.24) is 15.0 Å². The number of benzene rings is 6. The van der Waals surface area contributed by atoms with Crippen LogP contribution in [0.3, 0.4) is 0 Å². The van der Waals surface area contributed by atoms with Gasteiger partial charge >= 0.3 is 0 Å². The molecule has 0 amide bonds. The number of fused-ring (bicyclic) bond motifs is 4. The average Bonchev–Trinajstić information content (AvgIpc) is 3.54. The summed E-state index contributed by atoms with van der Waals surface area (Å²) in [5, 5.41) is 2.42. The molecule has 0 bridgehead atoms. The minimum atomic E-state index is -0.536. The summed E-state index contributed by atoms with van der Waals surface area (Å²) in [6.45, 7) is 0. The molecule has 1 aliphatic carbocycles. The summed E-state index contributed by atoms with van der Waals surface area (Å²) >= 11 is 0. The van der Waals surface area contributed by atoms with Gasteiger partial charge in [-0.2, -0.15) is 0 Å². The van der Waals surface area contributed by atoms with Gasteiger partial charge in [0, 0.05) is 12.4 Å². The van der Waals surface area contributed by atoms with Crippen molar-refractivity contribution >= 4 is 10.8 Å². The molecule has 3 heteroatoms. The van der Waals surface area contributed by atoms with Crippen molar-refractivity contribution in [2.24, 2.45) is 0 Å². The van der Waals surface area contributed by atoms with E-state index >= 15 is 0 Å². The van der Waals surface area contributed by atoms with E-state index in [1.165, 1.54) is 44.2 Å². The lowest BCUT2D eigenvalue weighted by atomic mass is 9.67. The second-order valence-corrected chi connectivity index (χ2v) is 13.6. The number of nitrogens with zero attached hydrogens (tertiary/aromatic N) is 3. The highest BCUT2D eigenvalue weighted by Gasteiger charge is 2.46. The van der Waals surface area contributed by atoms with Crippen LogP contribution in [0, 0.1) is 0 Å². The first-order valence-electron chi connectivity index (χ1n) is 18.0. The summed E-state index contributed by atoms with van der Waals surface area (Å²) in [6, 6.07) is 67.5. The minimum Gasteiger partial charge on any atom is -0.255 e. The monoisotopic (exact) mass is 675 g/mol. The van der Waals surface area contributed by atoms with Crippen LogP contribution in [0.2, 0.25) is 0 Å². The van der Waals surface area contributed by atoms with E-state index in [0.29, 0.717) is 0 Å². The van der Waals surface area contributed by atoms with Crippen molar-refractivity contribution in [3.05, 3.63) is 223 Å². The fourth-order valence-corrected chi connectivity index (χ4v) is 8.30. The number of hydrogen-bond acceptors (Lipinski definition) is 3. The fourth-order valence-electron chi connectivity index (χ4n) is 8.30. The Morgan fingerprint density at radius 2 is 0.887 bits per heavy atom. The smallest absolute Gasteiger partial charge is 0.0900 e. The molecular formula is C50H33N3. The molecule has 0 fully saturated rings. The second kappa shape index (κ2) is 12.7. The van der Waals surface area contributed by atoms with Gasteiger partial charge < -0.3 is 0 Å². The lowest BCUT2D eigenvalue weighted by molar-refractivity contribution is 0.769. The van der Waals surface area contributed by atoms with Crippen LogP contribution in [0.1, 0.15) is 22.3 Å². The quantitative estimate of drug-likeness (QED) is 0.176. The maximum atomic E-state index is 5.15. The van der Waals surface area contributed by atoms with Crippen LogP contribution in [0.4, 0.5) is 0 Å². The third-order valence-electron chi connectivity index (χ3n) is 10.6. The maximum Gasteiger partial charge on any atom is 0.0900 e. The fraction of sp³-hybridized carbons (Fsp3) is 0.0200.